The van der Waals surface area contributed by atoms with Gasteiger partial charge in [-0.25, -0.2) is 0 Å². The number of hydrogen-bond donors (Lipinski definition) is 1. The maximum atomic E-state index is 13.4. The number of benzene rings is 3. The molecule has 38 heavy (non-hydrogen) atoms. The van der Waals surface area contributed by atoms with Gasteiger partial charge in [0.25, 0.3) is 11.7 Å². The summed E-state index contributed by atoms with van der Waals surface area (Å²) in [5.74, 6) is 0.0365. The maximum absolute atomic E-state index is 13.4. The zero-order valence-corrected chi connectivity index (χ0v) is 22.0. The van der Waals surface area contributed by atoms with Crippen LogP contribution < -0.4 is 14.2 Å². The average molecular weight is 516 g/mol. The van der Waals surface area contributed by atoms with Gasteiger partial charge in [-0.3, -0.25) is 9.59 Å². The van der Waals surface area contributed by atoms with E-state index in [1.807, 2.05) is 36.4 Å². The third-order valence-corrected chi connectivity index (χ3v) is 6.61. The second kappa shape index (κ2) is 12.3. The molecule has 0 spiro atoms. The number of nitrogens with zero attached hydrogens (tertiary/aromatic N) is 1. The van der Waals surface area contributed by atoms with E-state index in [1.54, 1.807) is 50.6 Å². The summed E-state index contributed by atoms with van der Waals surface area (Å²) in [6, 6.07) is 20.7. The van der Waals surface area contributed by atoms with Crippen LogP contribution in [-0.4, -0.2) is 42.5 Å². The lowest BCUT2D eigenvalue weighted by Crippen LogP contribution is -2.29. The molecule has 0 saturated carbocycles. The van der Waals surface area contributed by atoms with Crippen LogP contribution in [0.15, 0.2) is 78.4 Å². The number of methoxy groups -OCH3 is 2. The third-order valence-electron chi connectivity index (χ3n) is 6.61. The van der Waals surface area contributed by atoms with E-state index in [1.165, 1.54) is 4.90 Å². The molecule has 7 nitrogen and oxygen atoms in total. The van der Waals surface area contributed by atoms with Crippen molar-refractivity contribution in [1.29, 1.82) is 0 Å². The number of carbonyl (C=O) groups is 2. The Labute approximate surface area is 223 Å². The molecule has 1 atom stereocenters. The van der Waals surface area contributed by atoms with Gasteiger partial charge in [0, 0.05) is 12.1 Å². The van der Waals surface area contributed by atoms with Crippen molar-refractivity contribution in [3.8, 4) is 17.2 Å². The van der Waals surface area contributed by atoms with E-state index in [0.717, 1.165) is 24.8 Å². The summed E-state index contributed by atoms with van der Waals surface area (Å²) in [5.41, 5.74) is 1.94. The third kappa shape index (κ3) is 5.67. The summed E-state index contributed by atoms with van der Waals surface area (Å²) < 4.78 is 16.8. The molecule has 1 heterocycles. The highest BCUT2D eigenvalue weighted by Crippen LogP contribution is 2.42. The van der Waals surface area contributed by atoms with Crippen LogP contribution in [0.5, 0.6) is 17.2 Å². The Morgan fingerprint density at radius 1 is 0.895 bits per heavy atom. The first kappa shape index (κ1) is 26.8. The van der Waals surface area contributed by atoms with E-state index >= 15 is 0 Å². The Kier molecular flexibility index (Phi) is 8.69. The van der Waals surface area contributed by atoms with E-state index in [-0.39, 0.29) is 17.9 Å². The molecule has 0 bridgehead atoms. The van der Waals surface area contributed by atoms with Gasteiger partial charge in [0.05, 0.1) is 32.4 Å². The van der Waals surface area contributed by atoms with Crippen LogP contribution >= 0.6 is 0 Å². The fourth-order valence-corrected chi connectivity index (χ4v) is 4.58. The Hall–Kier alpha value is -4.26. The molecule has 0 aliphatic carbocycles. The van der Waals surface area contributed by atoms with Crippen LogP contribution in [0.1, 0.15) is 48.9 Å². The number of aliphatic hydroxyl groups excluding tert-OH is 1. The second-order valence-corrected chi connectivity index (χ2v) is 9.11. The maximum Gasteiger partial charge on any atom is 0.295 e. The van der Waals surface area contributed by atoms with Crippen LogP contribution in [0.25, 0.3) is 5.76 Å². The number of rotatable bonds is 11. The number of ketones is 1. The molecule has 1 aliphatic heterocycles. The zero-order valence-electron chi connectivity index (χ0n) is 22.0. The van der Waals surface area contributed by atoms with E-state index in [2.05, 4.69) is 6.92 Å². The normalized spacial score (nSPS) is 16.5. The topological polar surface area (TPSA) is 85.3 Å². The molecule has 1 saturated heterocycles. The molecule has 7 heteroatoms. The number of amides is 1. The van der Waals surface area contributed by atoms with Gasteiger partial charge in [0.1, 0.15) is 11.5 Å². The fourth-order valence-electron chi connectivity index (χ4n) is 4.58. The quantitative estimate of drug-likeness (QED) is 0.148. The number of carbonyl (C=O) groups excluding carboxylic acids is 2. The van der Waals surface area contributed by atoms with Gasteiger partial charge < -0.3 is 24.2 Å². The molecule has 3 aromatic carbocycles. The minimum absolute atomic E-state index is 0.0229. The number of ether oxygens (including phenoxy) is 3. The molecular weight excluding hydrogens is 482 g/mol. The average Bonchev–Trinajstić information content (AvgIpc) is 3.20. The van der Waals surface area contributed by atoms with Gasteiger partial charge in [0.15, 0.2) is 11.5 Å². The lowest BCUT2D eigenvalue weighted by atomic mass is 9.94. The van der Waals surface area contributed by atoms with E-state index in [9.17, 15) is 14.7 Å². The smallest absolute Gasteiger partial charge is 0.295 e. The van der Waals surface area contributed by atoms with Gasteiger partial charge in [-0.15, -0.1) is 0 Å². The van der Waals surface area contributed by atoms with Crippen LogP contribution in [-0.2, 0) is 16.1 Å². The predicted molar refractivity (Wildman–Crippen MR) is 145 cm³/mol. The fraction of sp³-hybridized carbons (Fsp3) is 0.290. The molecule has 4 rings (SSSR count). The van der Waals surface area contributed by atoms with Gasteiger partial charge in [-0.05, 0) is 53.9 Å². The molecule has 1 amide bonds. The lowest BCUT2D eigenvalue weighted by molar-refractivity contribution is -0.140. The van der Waals surface area contributed by atoms with E-state index in [0.29, 0.717) is 35.0 Å². The molecule has 3 aromatic rings. The van der Waals surface area contributed by atoms with Gasteiger partial charge in [-0.1, -0.05) is 56.2 Å². The van der Waals surface area contributed by atoms with Crippen molar-refractivity contribution in [3.05, 3.63) is 95.1 Å². The van der Waals surface area contributed by atoms with Crippen LogP contribution in [0.3, 0.4) is 0 Å². The van der Waals surface area contributed by atoms with Crippen molar-refractivity contribution < 1.29 is 28.9 Å². The van der Waals surface area contributed by atoms with Crippen LogP contribution in [0.4, 0.5) is 0 Å². The van der Waals surface area contributed by atoms with Gasteiger partial charge in [-0.2, -0.15) is 0 Å². The Morgan fingerprint density at radius 3 is 2.29 bits per heavy atom. The van der Waals surface area contributed by atoms with Crippen molar-refractivity contribution in [2.24, 2.45) is 0 Å². The Bertz CT molecular complexity index is 1300. The standard InChI is InChI=1S/C31H33NO6/c1-4-5-9-18-38-25-17-14-23(19-26(25)37-3)28-27(29(33)22-12-15-24(36-2)16-13-22)30(34)31(35)32(28)20-21-10-7-6-8-11-21/h6-8,10-17,19,28,33H,4-5,9,18,20H2,1-3H3. The summed E-state index contributed by atoms with van der Waals surface area (Å²) in [4.78, 5) is 28.2. The molecule has 1 fully saturated rings. The van der Waals surface area contributed by atoms with E-state index < -0.39 is 17.7 Å². The second-order valence-electron chi connectivity index (χ2n) is 9.11. The molecule has 0 radical (unpaired) electrons. The van der Waals surface area contributed by atoms with Gasteiger partial charge >= 0.3 is 0 Å². The first-order chi connectivity index (χ1) is 18.5. The SMILES string of the molecule is CCCCCOc1ccc(C2C(=C(O)c3ccc(OC)cc3)C(=O)C(=O)N2Cc2ccccc2)cc1OC. The minimum Gasteiger partial charge on any atom is -0.507 e. The first-order valence-electron chi connectivity index (χ1n) is 12.8. The summed E-state index contributed by atoms with van der Waals surface area (Å²) in [5, 5.41) is 11.3. The molecule has 0 aromatic heterocycles. The van der Waals surface area contributed by atoms with Gasteiger partial charge in [0.2, 0.25) is 0 Å². The number of likely N-dealkylation sites (tertiary alicyclic amines) is 1. The zero-order chi connectivity index (χ0) is 27.1. The summed E-state index contributed by atoms with van der Waals surface area (Å²) in [6.45, 7) is 2.90. The van der Waals surface area contributed by atoms with Crippen LogP contribution in [0.2, 0.25) is 0 Å². The number of hydrogen-bond acceptors (Lipinski definition) is 6. The number of Topliss-reactive ketones (excluding diaryl/α,β-unsaturated/α-hetero) is 1. The van der Waals surface area contributed by atoms with Crippen molar-refractivity contribution >= 4 is 17.4 Å². The van der Waals surface area contributed by atoms with E-state index in [4.69, 9.17) is 14.2 Å². The molecular formula is C31H33NO6. The number of unbranched alkanes of at least 4 members (excludes halogenated alkanes) is 2. The largest absolute Gasteiger partial charge is 0.507 e. The lowest BCUT2D eigenvalue weighted by Gasteiger charge is -2.26. The highest BCUT2D eigenvalue weighted by molar-refractivity contribution is 6.46. The van der Waals surface area contributed by atoms with Crippen molar-refractivity contribution in [2.75, 3.05) is 20.8 Å². The monoisotopic (exact) mass is 515 g/mol. The number of aliphatic hydroxyl groups is 1. The Balaban J connectivity index is 1.79. The van der Waals surface area contributed by atoms with Crippen molar-refractivity contribution in [3.63, 3.8) is 0 Å². The summed E-state index contributed by atoms with van der Waals surface area (Å²) in [7, 11) is 3.10. The molecule has 1 aliphatic rings. The van der Waals surface area contributed by atoms with Crippen LogP contribution in [0, 0.1) is 0 Å². The molecule has 1 unspecified atom stereocenters. The molecule has 198 valence electrons. The summed E-state index contributed by atoms with van der Waals surface area (Å²) in [6.07, 6.45) is 3.09. The first-order valence-corrected chi connectivity index (χ1v) is 12.8. The van der Waals surface area contributed by atoms with Crippen molar-refractivity contribution in [2.45, 2.75) is 38.8 Å². The summed E-state index contributed by atoms with van der Waals surface area (Å²) >= 11 is 0. The Morgan fingerprint density at radius 2 is 1.63 bits per heavy atom. The highest BCUT2D eigenvalue weighted by atomic mass is 16.5. The highest BCUT2D eigenvalue weighted by Gasteiger charge is 2.46. The molecule has 1 N–H and O–H groups in total. The minimum atomic E-state index is -0.819. The predicted octanol–water partition coefficient (Wildman–Crippen LogP) is 5.89. The van der Waals surface area contributed by atoms with Crippen molar-refractivity contribution in [1.82, 2.24) is 4.90 Å².